The number of thiazole rings is 1. The molecule has 0 saturated carbocycles. The highest BCUT2D eigenvalue weighted by Crippen LogP contribution is 2.36. The Morgan fingerprint density at radius 3 is 2.42 bits per heavy atom. The first-order valence-electron chi connectivity index (χ1n) is 14.3. The number of ether oxygens (including phenoxy) is 3. The molecule has 4 aromatic carbocycles. The molecule has 2 heterocycles. The molecule has 1 aromatic heterocycles. The summed E-state index contributed by atoms with van der Waals surface area (Å²) in [6.45, 7) is 2.34. The Labute approximate surface area is 268 Å². The molecule has 0 amide bonds. The van der Waals surface area contributed by atoms with Gasteiger partial charge in [0.25, 0.3) is 5.56 Å². The molecule has 0 saturated heterocycles. The number of carbonyl (C=O) groups is 1. The minimum atomic E-state index is -0.781. The van der Waals surface area contributed by atoms with Crippen molar-refractivity contribution in [1.29, 1.82) is 0 Å². The molecule has 1 aliphatic rings. The summed E-state index contributed by atoms with van der Waals surface area (Å²) in [4.78, 5) is 33.1. The third kappa shape index (κ3) is 6.48. The first-order chi connectivity index (χ1) is 21.9. The van der Waals surface area contributed by atoms with Gasteiger partial charge in [0.1, 0.15) is 18.1 Å². The van der Waals surface area contributed by atoms with Crippen LogP contribution in [0.1, 0.15) is 35.2 Å². The summed E-state index contributed by atoms with van der Waals surface area (Å²) in [6, 6.07) is 31.1. The summed E-state index contributed by atoms with van der Waals surface area (Å²) in [5.74, 6) is 0.777. The zero-order chi connectivity index (χ0) is 31.3. The molecule has 0 bridgehead atoms. The molecule has 45 heavy (non-hydrogen) atoms. The molecule has 7 nitrogen and oxygen atoms in total. The number of hydrogen-bond donors (Lipinski definition) is 0. The van der Waals surface area contributed by atoms with Gasteiger partial charge in [-0.3, -0.25) is 9.36 Å². The Morgan fingerprint density at radius 2 is 1.71 bits per heavy atom. The van der Waals surface area contributed by atoms with Crippen LogP contribution in [0.15, 0.2) is 118 Å². The topological polar surface area (TPSA) is 79.1 Å². The van der Waals surface area contributed by atoms with E-state index >= 15 is 0 Å². The molecule has 1 atom stereocenters. The monoisotopic (exact) mass is 636 g/mol. The lowest BCUT2D eigenvalue weighted by Gasteiger charge is -2.26. The van der Waals surface area contributed by atoms with Gasteiger partial charge in [-0.05, 0) is 66.1 Å². The van der Waals surface area contributed by atoms with E-state index in [1.807, 2.05) is 109 Å². The fourth-order valence-electron chi connectivity index (χ4n) is 5.13. The number of methoxy groups -OCH3 is 1. The molecule has 0 spiro atoms. The van der Waals surface area contributed by atoms with Gasteiger partial charge >= 0.3 is 5.97 Å². The largest absolute Gasteiger partial charge is 0.497 e. The maximum Gasteiger partial charge on any atom is 0.338 e. The molecule has 6 rings (SSSR count). The summed E-state index contributed by atoms with van der Waals surface area (Å²) < 4.78 is 19.0. The maximum absolute atomic E-state index is 14.1. The molecule has 0 radical (unpaired) electrons. The van der Waals surface area contributed by atoms with Gasteiger partial charge in [-0.15, -0.1) is 0 Å². The molecule has 1 aliphatic heterocycles. The number of rotatable bonds is 9. The highest BCUT2D eigenvalue weighted by atomic mass is 35.5. The lowest BCUT2D eigenvalue weighted by molar-refractivity contribution is -0.138. The second-order valence-corrected chi connectivity index (χ2v) is 11.6. The molecule has 226 valence electrons. The Kier molecular flexibility index (Phi) is 8.96. The van der Waals surface area contributed by atoms with Crippen molar-refractivity contribution in [3.63, 3.8) is 0 Å². The Balaban J connectivity index is 1.44. The van der Waals surface area contributed by atoms with Crippen LogP contribution in [0.3, 0.4) is 0 Å². The van der Waals surface area contributed by atoms with Crippen LogP contribution in [0, 0.1) is 0 Å². The number of esters is 1. The summed E-state index contributed by atoms with van der Waals surface area (Å²) in [5.41, 5.74) is 3.78. The Bertz CT molecular complexity index is 2050. The van der Waals surface area contributed by atoms with Gasteiger partial charge in [-0.25, -0.2) is 9.79 Å². The molecular weight excluding hydrogens is 608 g/mol. The van der Waals surface area contributed by atoms with Gasteiger partial charge in [0, 0.05) is 10.6 Å². The van der Waals surface area contributed by atoms with Crippen molar-refractivity contribution in [3.8, 4) is 11.5 Å². The first-order valence-corrected chi connectivity index (χ1v) is 15.5. The van der Waals surface area contributed by atoms with Gasteiger partial charge in [0.15, 0.2) is 4.80 Å². The predicted molar refractivity (Wildman–Crippen MR) is 176 cm³/mol. The van der Waals surface area contributed by atoms with Gasteiger partial charge in [-0.2, -0.15) is 0 Å². The number of fused-ring (bicyclic) bond motifs is 1. The number of nitrogens with zero attached hydrogens (tertiary/aromatic N) is 2. The molecule has 5 aromatic rings. The third-order valence-corrected chi connectivity index (χ3v) is 8.51. The van der Waals surface area contributed by atoms with Gasteiger partial charge < -0.3 is 14.2 Å². The highest BCUT2D eigenvalue weighted by Gasteiger charge is 2.35. The van der Waals surface area contributed by atoms with E-state index in [-0.39, 0.29) is 17.7 Å². The minimum absolute atomic E-state index is 0.180. The molecule has 9 heteroatoms. The lowest BCUT2D eigenvalue weighted by Crippen LogP contribution is -2.40. The summed E-state index contributed by atoms with van der Waals surface area (Å²) >= 11 is 7.25. The molecule has 0 aliphatic carbocycles. The van der Waals surface area contributed by atoms with E-state index in [1.165, 1.54) is 11.3 Å². The molecule has 0 fully saturated rings. The SMILES string of the molecule is CCOC(=O)C1=C(c2ccccc2)N=c2s/c(=C\c3ccc(OCc4ccc(Cl)cc4)cc3)c(=O)n2C1c1cccc(OC)c1. The minimum Gasteiger partial charge on any atom is -0.497 e. The van der Waals surface area contributed by atoms with Crippen molar-refractivity contribution in [3.05, 3.63) is 156 Å². The molecular formula is C36H29ClN2O5S. The van der Waals surface area contributed by atoms with Gasteiger partial charge in [0.2, 0.25) is 0 Å². The standard InChI is InChI=1S/C36H29ClN2O5S/c1-3-43-35(41)31-32(25-8-5-4-6-9-25)38-36-39(33(31)26-10-7-11-29(21-26)42-2)34(40)30(45-36)20-23-14-18-28(19-15-23)44-22-24-12-16-27(37)17-13-24/h4-21,33H,3,22H2,1-2H3/b30-20-. The second-order valence-electron chi connectivity index (χ2n) is 10.2. The van der Waals surface area contributed by atoms with E-state index in [1.54, 1.807) is 18.6 Å². The lowest BCUT2D eigenvalue weighted by atomic mass is 9.93. The average molecular weight is 637 g/mol. The number of aromatic nitrogens is 1. The van der Waals surface area contributed by atoms with Crippen molar-refractivity contribution in [2.75, 3.05) is 13.7 Å². The van der Waals surface area contributed by atoms with Crippen LogP contribution in [0.4, 0.5) is 0 Å². The van der Waals surface area contributed by atoms with Crippen LogP contribution in [-0.4, -0.2) is 24.3 Å². The maximum atomic E-state index is 14.1. The number of benzene rings is 4. The quantitative estimate of drug-likeness (QED) is 0.181. The Hall–Kier alpha value is -4.92. The number of carbonyl (C=O) groups excluding carboxylic acids is 1. The predicted octanol–water partition coefficient (Wildman–Crippen LogP) is 6.18. The van der Waals surface area contributed by atoms with Crippen molar-refractivity contribution in [2.45, 2.75) is 19.6 Å². The van der Waals surface area contributed by atoms with Crippen molar-refractivity contribution in [1.82, 2.24) is 4.57 Å². The zero-order valence-corrected chi connectivity index (χ0v) is 26.2. The fraction of sp³-hybridized carbons (Fsp3) is 0.139. The van der Waals surface area contributed by atoms with Crippen LogP contribution in [0.25, 0.3) is 11.8 Å². The van der Waals surface area contributed by atoms with Crippen molar-refractivity contribution < 1.29 is 19.0 Å². The van der Waals surface area contributed by atoms with Crippen LogP contribution in [-0.2, 0) is 16.1 Å². The summed E-state index contributed by atoms with van der Waals surface area (Å²) in [7, 11) is 1.58. The van der Waals surface area contributed by atoms with Crippen LogP contribution in [0.5, 0.6) is 11.5 Å². The van der Waals surface area contributed by atoms with E-state index in [9.17, 15) is 9.59 Å². The van der Waals surface area contributed by atoms with E-state index in [0.717, 1.165) is 16.7 Å². The van der Waals surface area contributed by atoms with E-state index in [0.29, 0.717) is 43.7 Å². The average Bonchev–Trinajstić information content (AvgIpc) is 3.38. The van der Waals surface area contributed by atoms with E-state index in [4.69, 9.17) is 30.8 Å². The second kappa shape index (κ2) is 13.4. The highest BCUT2D eigenvalue weighted by molar-refractivity contribution is 7.07. The van der Waals surface area contributed by atoms with Gasteiger partial charge in [0.05, 0.1) is 35.6 Å². The fourth-order valence-corrected chi connectivity index (χ4v) is 6.25. The van der Waals surface area contributed by atoms with E-state index < -0.39 is 12.0 Å². The van der Waals surface area contributed by atoms with E-state index in [2.05, 4.69) is 0 Å². The van der Waals surface area contributed by atoms with Crippen LogP contribution >= 0.6 is 22.9 Å². The summed E-state index contributed by atoms with van der Waals surface area (Å²) in [5, 5.41) is 0.677. The number of halogens is 1. The third-order valence-electron chi connectivity index (χ3n) is 7.28. The molecule has 1 unspecified atom stereocenters. The van der Waals surface area contributed by atoms with Crippen LogP contribution < -0.4 is 24.4 Å². The van der Waals surface area contributed by atoms with Crippen LogP contribution in [0.2, 0.25) is 5.02 Å². The molecule has 0 N–H and O–H groups in total. The smallest absolute Gasteiger partial charge is 0.338 e. The zero-order valence-electron chi connectivity index (χ0n) is 24.6. The van der Waals surface area contributed by atoms with Gasteiger partial charge in [-0.1, -0.05) is 89.7 Å². The normalized spacial score (nSPS) is 14.5. The first kappa shape index (κ1) is 30.1. The summed E-state index contributed by atoms with van der Waals surface area (Å²) in [6.07, 6.45) is 1.83. The van der Waals surface area contributed by atoms with Crippen molar-refractivity contribution in [2.24, 2.45) is 4.99 Å². The van der Waals surface area contributed by atoms with Crippen molar-refractivity contribution >= 4 is 40.7 Å². The Morgan fingerprint density at radius 1 is 0.956 bits per heavy atom. The number of hydrogen-bond acceptors (Lipinski definition) is 7.